The highest BCUT2D eigenvalue weighted by molar-refractivity contribution is 7.89. The molecular weight excluding hydrogens is 833 g/mol. The first kappa shape index (κ1) is 44.6. The average molecular weight is 889 g/mol. The van der Waals surface area contributed by atoms with Gasteiger partial charge in [-0.2, -0.15) is 4.98 Å². The fourth-order valence-corrected chi connectivity index (χ4v) is 9.93. The molecule has 1 atom stereocenters. The van der Waals surface area contributed by atoms with Crippen LogP contribution in [0.5, 0.6) is 0 Å². The number of imide groups is 1. The molecule has 2 aromatic heterocycles. The SMILES string of the molecule is Cc1cc(S(=O)(=O)NCCOCCOCCOCCOCCCc2ccc3c(c2)n(C)c(=O)n3C2CCC(=O)NC2=O)ccc1Nc1ncc2c(n1)N(C1CCCC1)C(=O)C21CC1. The zero-order valence-electron chi connectivity index (χ0n) is 35.9. The van der Waals surface area contributed by atoms with Crippen molar-refractivity contribution in [1.82, 2.24) is 29.1 Å². The number of amides is 3. The van der Waals surface area contributed by atoms with Gasteiger partial charge in [-0.05, 0) is 93.3 Å². The van der Waals surface area contributed by atoms with E-state index in [0.29, 0.717) is 81.2 Å². The number of rotatable bonds is 22. The fourth-order valence-electron chi connectivity index (χ4n) is 8.84. The van der Waals surface area contributed by atoms with E-state index in [1.54, 1.807) is 25.4 Å². The Morgan fingerprint density at radius 2 is 1.56 bits per heavy atom. The van der Waals surface area contributed by atoms with E-state index in [2.05, 4.69) is 20.3 Å². The Hall–Kier alpha value is -5.05. The number of hydrogen-bond acceptors (Lipinski definition) is 13. The van der Waals surface area contributed by atoms with Gasteiger partial charge in [-0.15, -0.1) is 0 Å². The minimum atomic E-state index is -3.78. The number of anilines is 3. The molecule has 4 heterocycles. The van der Waals surface area contributed by atoms with Crippen LogP contribution in [0.1, 0.15) is 80.5 Å². The van der Waals surface area contributed by atoms with Crippen molar-refractivity contribution in [3.05, 3.63) is 69.8 Å². The van der Waals surface area contributed by atoms with Crippen LogP contribution in [0.15, 0.2) is 52.3 Å². The van der Waals surface area contributed by atoms with Crippen LogP contribution < -0.4 is 25.9 Å². The lowest BCUT2D eigenvalue weighted by Crippen LogP contribution is -2.44. The van der Waals surface area contributed by atoms with Gasteiger partial charge in [-0.3, -0.25) is 33.7 Å². The normalized spacial score (nSPS) is 18.5. The molecule has 3 fully saturated rings. The van der Waals surface area contributed by atoms with Crippen LogP contribution in [0, 0.1) is 6.92 Å². The molecule has 1 spiro atoms. The lowest BCUT2D eigenvalue weighted by Gasteiger charge is -2.24. The van der Waals surface area contributed by atoms with Crippen molar-refractivity contribution in [2.75, 3.05) is 69.6 Å². The molecule has 0 bridgehead atoms. The number of fused-ring (bicyclic) bond motifs is 3. The van der Waals surface area contributed by atoms with Crippen molar-refractivity contribution in [1.29, 1.82) is 0 Å². The molecule has 2 aromatic carbocycles. The number of carbonyl (C=O) groups excluding carboxylic acids is 3. The highest BCUT2D eigenvalue weighted by Gasteiger charge is 2.61. The summed E-state index contributed by atoms with van der Waals surface area (Å²) < 4.78 is 54.0. The van der Waals surface area contributed by atoms with Crippen molar-refractivity contribution >= 4 is 56.2 Å². The Kier molecular flexibility index (Phi) is 13.7. The standard InChI is InChI=1S/C44H56N8O10S/c1-29-26-32(10-11-34(29)47-42-45-28-33-39(49-42)51(31-7-3-4-8-31)41(55)44(33)15-16-44)63(57,58)46-17-19-60-21-23-62-25-24-61-22-20-59-18-5-6-30-9-12-35-37(27-30)50(2)43(56)52(35)36-13-14-38(53)48-40(36)54/h9-12,26-28,31,36,46H,3-8,13-25H2,1-2H3,(H,45,47,49)(H,48,53,54). The Labute approximate surface area is 366 Å². The molecule has 3 N–H and O–H groups in total. The zero-order chi connectivity index (χ0) is 44.1. The quantitative estimate of drug-likeness (QED) is 0.0763. The van der Waals surface area contributed by atoms with E-state index in [4.69, 9.17) is 23.9 Å². The number of hydrogen-bond donors (Lipinski definition) is 3. The van der Waals surface area contributed by atoms with Gasteiger partial charge in [0.25, 0.3) is 0 Å². The maximum Gasteiger partial charge on any atom is 0.329 e. The van der Waals surface area contributed by atoms with Gasteiger partial charge in [-0.1, -0.05) is 18.9 Å². The third-order valence-corrected chi connectivity index (χ3v) is 13.9. The number of sulfonamides is 1. The Morgan fingerprint density at radius 1 is 0.857 bits per heavy atom. The summed E-state index contributed by atoms with van der Waals surface area (Å²) in [4.78, 5) is 61.8. The highest BCUT2D eigenvalue weighted by Crippen LogP contribution is 2.58. The summed E-state index contributed by atoms with van der Waals surface area (Å²) in [5.41, 5.74) is 4.01. The van der Waals surface area contributed by atoms with Gasteiger partial charge in [0, 0.05) is 50.1 Å². The van der Waals surface area contributed by atoms with Crippen LogP contribution in [0.2, 0.25) is 0 Å². The van der Waals surface area contributed by atoms with Crippen molar-refractivity contribution in [2.45, 2.75) is 93.5 Å². The van der Waals surface area contributed by atoms with E-state index >= 15 is 0 Å². The minimum Gasteiger partial charge on any atom is -0.379 e. The molecule has 2 saturated carbocycles. The number of carbonyl (C=O) groups is 3. The van der Waals surface area contributed by atoms with E-state index in [1.807, 2.05) is 30.0 Å². The molecule has 2 aliphatic heterocycles. The number of aromatic nitrogens is 4. The monoisotopic (exact) mass is 888 g/mol. The molecule has 4 aromatic rings. The first-order valence-corrected chi connectivity index (χ1v) is 23.4. The molecule has 8 rings (SSSR count). The Bertz CT molecular complexity index is 2510. The summed E-state index contributed by atoms with van der Waals surface area (Å²) in [6.45, 7) is 4.93. The predicted octanol–water partition coefficient (Wildman–Crippen LogP) is 3.46. The molecule has 1 saturated heterocycles. The molecule has 3 amide bonds. The number of benzene rings is 2. The van der Waals surface area contributed by atoms with Gasteiger partial charge < -0.3 is 24.3 Å². The van der Waals surface area contributed by atoms with Crippen LogP contribution in [-0.4, -0.2) is 111 Å². The van der Waals surface area contributed by atoms with Crippen molar-refractivity contribution < 1.29 is 41.7 Å². The second kappa shape index (κ2) is 19.4. The van der Waals surface area contributed by atoms with E-state index < -0.39 is 27.4 Å². The van der Waals surface area contributed by atoms with Crippen LogP contribution in [0.3, 0.4) is 0 Å². The topological polar surface area (TPSA) is 214 Å². The summed E-state index contributed by atoms with van der Waals surface area (Å²) in [7, 11) is -2.09. The predicted molar refractivity (Wildman–Crippen MR) is 233 cm³/mol. The van der Waals surface area contributed by atoms with Crippen LogP contribution in [-0.2, 0) is 62.2 Å². The van der Waals surface area contributed by atoms with Crippen molar-refractivity contribution in [2.24, 2.45) is 7.05 Å². The first-order valence-electron chi connectivity index (χ1n) is 21.9. The third-order valence-electron chi connectivity index (χ3n) is 12.4. The summed E-state index contributed by atoms with van der Waals surface area (Å²) in [5.74, 6) is 0.467. The fraction of sp³-hybridized carbons (Fsp3) is 0.545. The Balaban J connectivity index is 0.663. The van der Waals surface area contributed by atoms with Crippen LogP contribution in [0.25, 0.3) is 11.0 Å². The second-order valence-corrected chi connectivity index (χ2v) is 18.4. The molecule has 1 unspecified atom stereocenters. The van der Waals surface area contributed by atoms with E-state index in [1.165, 1.54) is 15.2 Å². The molecule has 2 aliphatic carbocycles. The van der Waals surface area contributed by atoms with Gasteiger partial charge in [-0.25, -0.2) is 22.9 Å². The minimum absolute atomic E-state index is 0.0993. The van der Waals surface area contributed by atoms with Gasteiger partial charge in [0.05, 0.1) is 67.6 Å². The summed E-state index contributed by atoms with van der Waals surface area (Å²) in [6.07, 6.45) is 9.68. The molecule has 338 valence electrons. The lowest BCUT2D eigenvalue weighted by molar-refractivity contribution is -0.135. The zero-order valence-corrected chi connectivity index (χ0v) is 36.7. The van der Waals surface area contributed by atoms with Crippen molar-refractivity contribution in [3.8, 4) is 0 Å². The number of nitrogens with zero attached hydrogens (tertiary/aromatic N) is 5. The van der Waals surface area contributed by atoms with Gasteiger partial charge in [0.1, 0.15) is 11.9 Å². The van der Waals surface area contributed by atoms with Crippen LogP contribution >= 0.6 is 0 Å². The number of imidazole rings is 1. The maximum atomic E-state index is 13.4. The second-order valence-electron chi connectivity index (χ2n) is 16.7. The molecule has 19 heteroatoms. The molecule has 4 aliphatic rings. The molecule has 18 nitrogen and oxygen atoms in total. The summed E-state index contributed by atoms with van der Waals surface area (Å²) >= 11 is 0. The van der Waals surface area contributed by atoms with E-state index in [-0.39, 0.29) is 48.0 Å². The number of piperidine rings is 1. The average Bonchev–Trinajstić information content (AvgIpc) is 3.73. The highest BCUT2D eigenvalue weighted by atomic mass is 32.2. The van der Waals surface area contributed by atoms with E-state index in [0.717, 1.165) is 68.0 Å². The summed E-state index contributed by atoms with van der Waals surface area (Å²) in [5, 5.41) is 5.56. The smallest absolute Gasteiger partial charge is 0.329 e. The third kappa shape index (κ3) is 9.73. The largest absolute Gasteiger partial charge is 0.379 e. The molecule has 0 radical (unpaired) electrons. The maximum absolute atomic E-state index is 13.4. The van der Waals surface area contributed by atoms with E-state index in [9.17, 15) is 27.6 Å². The van der Waals surface area contributed by atoms with Gasteiger partial charge >= 0.3 is 5.69 Å². The number of ether oxygens (including phenoxy) is 4. The number of aryl methyl sites for hydroxylation is 3. The number of nitrogens with one attached hydrogen (secondary N) is 3. The summed E-state index contributed by atoms with van der Waals surface area (Å²) in [6, 6.07) is 10.1. The lowest BCUT2D eigenvalue weighted by atomic mass is 10.0. The van der Waals surface area contributed by atoms with Crippen LogP contribution in [0.4, 0.5) is 17.5 Å². The van der Waals surface area contributed by atoms with Crippen molar-refractivity contribution in [3.63, 3.8) is 0 Å². The van der Waals surface area contributed by atoms with Gasteiger partial charge in [0.2, 0.25) is 33.7 Å². The first-order chi connectivity index (χ1) is 30.5. The van der Waals surface area contributed by atoms with Gasteiger partial charge in [0.15, 0.2) is 0 Å². The molecule has 63 heavy (non-hydrogen) atoms. The molecular formula is C44H56N8O10S. The Morgan fingerprint density at radius 3 is 2.24 bits per heavy atom.